The van der Waals surface area contributed by atoms with E-state index >= 15 is 0 Å². The summed E-state index contributed by atoms with van der Waals surface area (Å²) in [4.78, 5) is 14.2. The summed E-state index contributed by atoms with van der Waals surface area (Å²) in [5.41, 5.74) is 0.418. The first-order valence-electron chi connectivity index (χ1n) is 6.21. The minimum atomic E-state index is -3.72. The number of sulfonamides is 1. The number of hydrogen-bond acceptors (Lipinski definition) is 4. The molecule has 1 fully saturated rings. The van der Waals surface area contributed by atoms with E-state index < -0.39 is 10.0 Å². The third kappa shape index (κ3) is 3.55. The number of hydrogen-bond donors (Lipinski definition) is 1. The normalized spacial score (nSPS) is 15.8. The van der Waals surface area contributed by atoms with Crippen LogP contribution in [0.3, 0.4) is 0 Å². The van der Waals surface area contributed by atoms with Gasteiger partial charge in [-0.2, -0.15) is 0 Å². The quantitative estimate of drug-likeness (QED) is 0.898. The van der Waals surface area contributed by atoms with Crippen LogP contribution in [-0.4, -0.2) is 31.8 Å². The van der Waals surface area contributed by atoms with Gasteiger partial charge in [-0.05, 0) is 24.8 Å². The van der Waals surface area contributed by atoms with Crippen LogP contribution in [0.25, 0.3) is 0 Å². The summed E-state index contributed by atoms with van der Waals surface area (Å²) in [5, 5.41) is 6.62. The van der Waals surface area contributed by atoms with Gasteiger partial charge in [0, 0.05) is 18.0 Å². The van der Waals surface area contributed by atoms with Crippen molar-refractivity contribution < 1.29 is 13.2 Å². The van der Waals surface area contributed by atoms with Gasteiger partial charge in [-0.15, -0.1) is 11.3 Å². The second-order valence-corrected chi connectivity index (χ2v) is 7.98. The van der Waals surface area contributed by atoms with E-state index in [0.717, 1.165) is 24.2 Å². The Labute approximate surface area is 117 Å². The number of primary sulfonamides is 1. The standard InChI is InChI=1S/C12H18N2O3S2/c1-8(2)6-14(10-3-4-10)12(15)9-5-11(18-7-9)19(13,16)17/h5,7-8,10H,3-4,6H2,1-2H3,(H2,13,16,17). The topological polar surface area (TPSA) is 80.5 Å². The smallest absolute Gasteiger partial charge is 0.255 e. The highest BCUT2D eigenvalue weighted by Gasteiger charge is 2.33. The van der Waals surface area contributed by atoms with Crippen LogP contribution in [0.2, 0.25) is 0 Å². The molecular formula is C12H18N2O3S2. The Morgan fingerprint density at radius 2 is 2.16 bits per heavy atom. The van der Waals surface area contributed by atoms with Gasteiger partial charge in [-0.25, -0.2) is 13.6 Å². The fraction of sp³-hybridized carbons (Fsp3) is 0.583. The number of nitrogens with two attached hydrogens (primary N) is 1. The molecule has 0 bridgehead atoms. The minimum Gasteiger partial charge on any atom is -0.335 e. The molecule has 1 saturated carbocycles. The van der Waals surface area contributed by atoms with Crippen molar-refractivity contribution in [3.8, 4) is 0 Å². The lowest BCUT2D eigenvalue weighted by atomic mass is 10.2. The fourth-order valence-corrected chi connectivity index (χ4v) is 3.50. The lowest BCUT2D eigenvalue weighted by Crippen LogP contribution is -2.35. The zero-order valence-corrected chi connectivity index (χ0v) is 12.6. The first kappa shape index (κ1) is 14.5. The fourth-order valence-electron chi connectivity index (χ4n) is 1.92. The Hall–Kier alpha value is -0.920. The predicted molar refractivity (Wildman–Crippen MR) is 74.6 cm³/mol. The van der Waals surface area contributed by atoms with Crippen molar-refractivity contribution in [3.05, 3.63) is 17.0 Å². The largest absolute Gasteiger partial charge is 0.335 e. The van der Waals surface area contributed by atoms with Crippen LogP contribution >= 0.6 is 11.3 Å². The van der Waals surface area contributed by atoms with Gasteiger partial charge in [-0.1, -0.05) is 13.8 Å². The molecule has 0 aromatic carbocycles. The molecule has 1 aromatic heterocycles. The molecule has 0 radical (unpaired) electrons. The molecule has 1 heterocycles. The van der Waals surface area contributed by atoms with E-state index in [1.165, 1.54) is 6.07 Å². The van der Waals surface area contributed by atoms with Gasteiger partial charge in [-0.3, -0.25) is 4.79 Å². The third-order valence-corrected chi connectivity index (χ3v) is 5.30. The van der Waals surface area contributed by atoms with Crippen molar-refractivity contribution >= 4 is 27.3 Å². The second kappa shape index (κ2) is 5.22. The maximum atomic E-state index is 12.4. The molecule has 0 aliphatic heterocycles. The van der Waals surface area contributed by atoms with E-state index in [9.17, 15) is 13.2 Å². The summed E-state index contributed by atoms with van der Waals surface area (Å²) in [7, 11) is -3.72. The van der Waals surface area contributed by atoms with Crippen LogP contribution in [0, 0.1) is 5.92 Å². The second-order valence-electron chi connectivity index (χ2n) is 5.28. The Balaban J connectivity index is 2.20. The van der Waals surface area contributed by atoms with Gasteiger partial charge in [0.1, 0.15) is 4.21 Å². The molecule has 1 amide bonds. The summed E-state index contributed by atoms with van der Waals surface area (Å²) < 4.78 is 22.5. The average Bonchev–Trinajstić information content (AvgIpc) is 2.99. The van der Waals surface area contributed by atoms with Crippen LogP contribution in [-0.2, 0) is 10.0 Å². The molecule has 7 heteroatoms. The van der Waals surface area contributed by atoms with Gasteiger partial charge in [0.2, 0.25) is 10.0 Å². The minimum absolute atomic E-state index is 0.0381. The first-order chi connectivity index (χ1) is 8.79. The van der Waals surface area contributed by atoms with Crippen LogP contribution in [0.4, 0.5) is 0 Å². The predicted octanol–water partition coefficient (Wildman–Crippen LogP) is 1.66. The van der Waals surface area contributed by atoms with Crippen molar-refractivity contribution in [2.24, 2.45) is 11.1 Å². The molecule has 1 aromatic rings. The van der Waals surface area contributed by atoms with E-state index in [1.54, 1.807) is 5.38 Å². The molecule has 106 valence electrons. The number of rotatable bonds is 5. The zero-order chi connectivity index (χ0) is 14.2. The summed E-state index contributed by atoms with van der Waals surface area (Å²) in [5.74, 6) is 0.295. The molecule has 0 saturated heterocycles. The van der Waals surface area contributed by atoms with Crippen molar-refractivity contribution in [1.29, 1.82) is 0 Å². The van der Waals surface area contributed by atoms with Crippen LogP contribution in [0.15, 0.2) is 15.7 Å². The third-order valence-electron chi connectivity index (χ3n) is 2.91. The van der Waals surface area contributed by atoms with E-state index in [0.29, 0.717) is 24.1 Å². The van der Waals surface area contributed by atoms with E-state index in [1.807, 2.05) is 4.90 Å². The maximum absolute atomic E-state index is 12.4. The van der Waals surface area contributed by atoms with Crippen molar-refractivity contribution in [3.63, 3.8) is 0 Å². The molecule has 2 rings (SSSR count). The lowest BCUT2D eigenvalue weighted by molar-refractivity contribution is 0.0723. The molecule has 0 atom stereocenters. The highest BCUT2D eigenvalue weighted by Crippen LogP contribution is 2.30. The Kier molecular flexibility index (Phi) is 3.98. The average molecular weight is 302 g/mol. The molecule has 5 nitrogen and oxygen atoms in total. The molecule has 1 aliphatic rings. The first-order valence-corrected chi connectivity index (χ1v) is 8.64. The van der Waals surface area contributed by atoms with Gasteiger partial charge in [0.05, 0.1) is 5.56 Å². The highest BCUT2D eigenvalue weighted by molar-refractivity contribution is 7.91. The number of nitrogens with zero attached hydrogens (tertiary/aromatic N) is 1. The molecule has 19 heavy (non-hydrogen) atoms. The Bertz CT molecular complexity index is 574. The molecule has 0 spiro atoms. The van der Waals surface area contributed by atoms with Crippen molar-refractivity contribution in [1.82, 2.24) is 4.90 Å². The van der Waals surface area contributed by atoms with Crippen molar-refractivity contribution in [2.75, 3.05) is 6.54 Å². The van der Waals surface area contributed by atoms with Gasteiger partial charge >= 0.3 is 0 Å². The summed E-state index contributed by atoms with van der Waals surface area (Å²) in [6.45, 7) is 4.82. The van der Waals surface area contributed by atoms with Crippen LogP contribution in [0.5, 0.6) is 0 Å². The summed E-state index contributed by atoms with van der Waals surface area (Å²) >= 11 is 0.993. The van der Waals surface area contributed by atoms with E-state index in [2.05, 4.69) is 13.8 Å². The van der Waals surface area contributed by atoms with E-state index in [4.69, 9.17) is 5.14 Å². The number of carbonyl (C=O) groups is 1. The monoisotopic (exact) mass is 302 g/mol. The Morgan fingerprint density at radius 1 is 1.53 bits per heavy atom. The van der Waals surface area contributed by atoms with Crippen molar-refractivity contribution in [2.45, 2.75) is 36.9 Å². The molecule has 0 unspecified atom stereocenters. The summed E-state index contributed by atoms with van der Waals surface area (Å²) in [6, 6.07) is 1.69. The number of carbonyl (C=O) groups excluding carboxylic acids is 1. The molecule has 2 N–H and O–H groups in total. The number of amides is 1. The van der Waals surface area contributed by atoms with Gasteiger partial charge in [0.15, 0.2) is 0 Å². The Morgan fingerprint density at radius 3 is 2.58 bits per heavy atom. The summed E-state index contributed by atoms with van der Waals surface area (Å²) in [6.07, 6.45) is 2.06. The molecule has 1 aliphatic carbocycles. The zero-order valence-electron chi connectivity index (χ0n) is 11.0. The maximum Gasteiger partial charge on any atom is 0.255 e. The highest BCUT2D eigenvalue weighted by atomic mass is 32.2. The SMILES string of the molecule is CC(C)CN(C(=O)c1csc(S(N)(=O)=O)c1)C1CC1. The van der Waals surface area contributed by atoms with Gasteiger partial charge in [0.25, 0.3) is 5.91 Å². The van der Waals surface area contributed by atoms with Crippen LogP contribution in [0.1, 0.15) is 37.0 Å². The van der Waals surface area contributed by atoms with Crippen LogP contribution < -0.4 is 5.14 Å². The lowest BCUT2D eigenvalue weighted by Gasteiger charge is -2.24. The number of thiophene rings is 1. The van der Waals surface area contributed by atoms with E-state index in [-0.39, 0.29) is 10.1 Å². The van der Waals surface area contributed by atoms with Gasteiger partial charge < -0.3 is 4.90 Å². The molecular weight excluding hydrogens is 284 g/mol.